The van der Waals surface area contributed by atoms with E-state index in [9.17, 15) is 23.9 Å². The highest BCUT2D eigenvalue weighted by atomic mass is 19.1. The molecule has 1 aromatic heterocycles. The van der Waals surface area contributed by atoms with E-state index in [2.05, 4.69) is 15.6 Å². The third-order valence-electron chi connectivity index (χ3n) is 6.47. The minimum Gasteiger partial charge on any atom is -0.427 e. The van der Waals surface area contributed by atoms with Gasteiger partial charge >= 0.3 is 7.48 Å². The molecule has 1 radical (unpaired) electrons. The molecule has 0 aliphatic carbocycles. The fourth-order valence-electron chi connectivity index (χ4n) is 3.27. The maximum absolute atomic E-state index is 14.8. The van der Waals surface area contributed by atoms with Gasteiger partial charge in [0.2, 0.25) is 0 Å². The summed E-state index contributed by atoms with van der Waals surface area (Å²) in [5, 5.41) is 25.3. The zero-order valence-electron chi connectivity index (χ0n) is 22.0. The molecule has 1 unspecified atom stereocenters. The van der Waals surface area contributed by atoms with Crippen LogP contribution in [0.5, 0.6) is 0 Å². The van der Waals surface area contributed by atoms with Gasteiger partial charge in [0, 0.05) is 18.3 Å². The fraction of sp³-hybridized carbons (Fsp3) is 0.321. The lowest BCUT2D eigenvalue weighted by molar-refractivity contribution is -0.0893. The summed E-state index contributed by atoms with van der Waals surface area (Å²) >= 11 is 0. The maximum atomic E-state index is 14.8. The first kappa shape index (κ1) is 28.8. The Morgan fingerprint density at radius 1 is 1.16 bits per heavy atom. The number of aromatic nitrogens is 1. The van der Waals surface area contributed by atoms with Crippen molar-refractivity contribution in [2.75, 3.05) is 5.32 Å². The van der Waals surface area contributed by atoms with Crippen molar-refractivity contribution in [1.29, 1.82) is 5.26 Å². The molecule has 38 heavy (non-hydrogen) atoms. The second-order valence-corrected chi connectivity index (χ2v) is 9.99. The van der Waals surface area contributed by atoms with Gasteiger partial charge in [0.05, 0.1) is 28.4 Å². The van der Waals surface area contributed by atoms with Gasteiger partial charge in [0.1, 0.15) is 23.5 Å². The van der Waals surface area contributed by atoms with Crippen molar-refractivity contribution in [3.8, 4) is 6.07 Å². The summed E-state index contributed by atoms with van der Waals surface area (Å²) in [5.41, 5.74) is -0.193. The van der Waals surface area contributed by atoms with E-state index in [0.29, 0.717) is 16.6 Å². The molecule has 0 aliphatic rings. The molecule has 0 saturated heterocycles. The number of amides is 1. The summed E-state index contributed by atoms with van der Waals surface area (Å²) in [6.07, 6.45) is 1.32. The predicted octanol–water partition coefficient (Wildman–Crippen LogP) is 4.15. The van der Waals surface area contributed by atoms with E-state index in [0.717, 1.165) is 0 Å². The number of aliphatic hydroxyl groups is 1. The van der Waals surface area contributed by atoms with Crippen LogP contribution in [0.2, 0.25) is 0 Å². The molecule has 1 atom stereocenters. The van der Waals surface area contributed by atoms with Gasteiger partial charge in [-0.05, 0) is 64.4 Å². The van der Waals surface area contributed by atoms with Crippen LogP contribution in [0, 0.1) is 23.0 Å². The smallest absolute Gasteiger partial charge is 0.331 e. The molecule has 0 spiro atoms. The number of carbonyl (C=O) groups excluding carboxylic acids is 1. The number of rotatable bonds is 10. The number of carbonyl (C=O) groups is 1. The van der Waals surface area contributed by atoms with Crippen LogP contribution in [0.3, 0.4) is 0 Å². The lowest BCUT2D eigenvalue weighted by Gasteiger charge is -2.37. The third kappa shape index (κ3) is 7.15. The molecule has 1 amide bonds. The van der Waals surface area contributed by atoms with E-state index < -0.39 is 29.0 Å². The molecule has 2 aromatic carbocycles. The average molecular weight is 519 g/mol. The van der Waals surface area contributed by atoms with Gasteiger partial charge in [-0.15, -0.1) is 0 Å². The van der Waals surface area contributed by atoms with Gasteiger partial charge in [-0.2, -0.15) is 5.26 Å². The molecule has 10 heteroatoms. The number of nitriles is 1. The monoisotopic (exact) mass is 519 g/mol. The lowest BCUT2D eigenvalue weighted by atomic mass is 9.82. The van der Waals surface area contributed by atoms with Crippen LogP contribution in [0.1, 0.15) is 67.7 Å². The summed E-state index contributed by atoms with van der Waals surface area (Å²) in [5.74, 6) is -1.20. The van der Waals surface area contributed by atoms with Gasteiger partial charge in [-0.25, -0.2) is 13.8 Å². The normalized spacial score (nSPS) is 12.4. The van der Waals surface area contributed by atoms with E-state index in [-0.39, 0.29) is 29.3 Å². The molecule has 0 saturated carbocycles. The van der Waals surface area contributed by atoms with Gasteiger partial charge in [-0.1, -0.05) is 29.7 Å². The minimum absolute atomic E-state index is 0.0226. The molecular weight excluding hydrogens is 489 g/mol. The van der Waals surface area contributed by atoms with E-state index in [1.165, 1.54) is 37.9 Å². The summed E-state index contributed by atoms with van der Waals surface area (Å²) in [6.45, 7) is 8.50. The highest BCUT2D eigenvalue weighted by molar-refractivity contribution is 6.47. The number of hydrogen-bond donors (Lipinski definition) is 3. The second-order valence-electron chi connectivity index (χ2n) is 9.99. The summed E-state index contributed by atoms with van der Waals surface area (Å²) in [6, 6.07) is 13.2. The van der Waals surface area contributed by atoms with Crippen LogP contribution in [-0.2, 0) is 11.2 Å². The summed E-state index contributed by atoms with van der Waals surface area (Å²) < 4.78 is 33.8. The van der Waals surface area contributed by atoms with Gasteiger partial charge < -0.3 is 20.4 Å². The number of hydrogen-bond acceptors (Lipinski definition) is 6. The van der Waals surface area contributed by atoms with E-state index in [1.54, 1.807) is 58.9 Å². The number of halogens is 2. The standard InChI is InChI=1S/C28H30BF2N4O3/c1-17(19-7-10-22(30)11-8-19)35-26(36)23-12-18(14-32)15-33-25(23)34-16-20-6-9-21(13-24(20)31)29-38-28(4,5)27(2,3)37/h6-13,15,17,37H,16H2,1-5H3,(H,33,34)(H,35,36). The molecule has 3 aromatic rings. The molecular formula is C28H30BF2N4O3. The van der Waals surface area contributed by atoms with Crippen molar-refractivity contribution in [2.24, 2.45) is 0 Å². The number of nitrogens with zero attached hydrogens (tertiary/aromatic N) is 2. The zero-order valence-corrected chi connectivity index (χ0v) is 22.0. The van der Waals surface area contributed by atoms with Gasteiger partial charge in [0.15, 0.2) is 0 Å². The molecule has 0 fully saturated rings. The molecule has 3 rings (SSSR count). The van der Waals surface area contributed by atoms with Crippen LogP contribution in [0.15, 0.2) is 54.7 Å². The maximum Gasteiger partial charge on any atom is 0.331 e. The van der Waals surface area contributed by atoms with Crippen LogP contribution in [-0.4, -0.2) is 34.7 Å². The Bertz CT molecular complexity index is 1340. The molecule has 0 aliphatic heterocycles. The Hall–Kier alpha value is -3.81. The fourth-order valence-corrected chi connectivity index (χ4v) is 3.27. The Kier molecular flexibility index (Phi) is 8.87. The van der Waals surface area contributed by atoms with Crippen LogP contribution < -0.4 is 16.1 Å². The first-order chi connectivity index (χ1) is 17.8. The first-order valence-corrected chi connectivity index (χ1v) is 12.0. The Balaban J connectivity index is 1.72. The lowest BCUT2D eigenvalue weighted by Crippen LogP contribution is -2.49. The Morgan fingerprint density at radius 3 is 2.45 bits per heavy atom. The largest absolute Gasteiger partial charge is 0.427 e. The number of anilines is 1. The second kappa shape index (κ2) is 11.7. The molecule has 3 N–H and O–H groups in total. The van der Waals surface area contributed by atoms with E-state index in [4.69, 9.17) is 4.65 Å². The highest BCUT2D eigenvalue weighted by Crippen LogP contribution is 2.24. The quantitative estimate of drug-likeness (QED) is 0.348. The van der Waals surface area contributed by atoms with Crippen molar-refractivity contribution in [2.45, 2.75) is 58.4 Å². The average Bonchev–Trinajstić information content (AvgIpc) is 2.86. The molecule has 7 nitrogen and oxygen atoms in total. The topological polar surface area (TPSA) is 107 Å². The van der Waals surface area contributed by atoms with Crippen LogP contribution in [0.25, 0.3) is 0 Å². The third-order valence-corrected chi connectivity index (χ3v) is 6.47. The van der Waals surface area contributed by atoms with Gasteiger partial charge in [-0.3, -0.25) is 4.79 Å². The SMILES string of the molecule is CC(NC(=O)c1cc(C#N)cnc1NCc1ccc([B]OC(C)(C)C(C)(C)O)cc1F)c1ccc(F)cc1. The number of benzene rings is 2. The van der Waals surface area contributed by atoms with Crippen molar-refractivity contribution >= 4 is 24.7 Å². The Morgan fingerprint density at radius 2 is 1.84 bits per heavy atom. The predicted molar refractivity (Wildman–Crippen MR) is 142 cm³/mol. The van der Waals surface area contributed by atoms with Crippen molar-refractivity contribution < 1.29 is 23.3 Å². The molecule has 1 heterocycles. The number of pyridine rings is 1. The van der Waals surface area contributed by atoms with Crippen molar-refractivity contribution in [1.82, 2.24) is 10.3 Å². The minimum atomic E-state index is -1.11. The first-order valence-electron chi connectivity index (χ1n) is 12.0. The van der Waals surface area contributed by atoms with Crippen LogP contribution >= 0.6 is 0 Å². The van der Waals surface area contributed by atoms with Crippen LogP contribution in [0.4, 0.5) is 14.6 Å². The van der Waals surface area contributed by atoms with Crippen molar-refractivity contribution in [3.05, 3.63) is 88.6 Å². The van der Waals surface area contributed by atoms with E-state index >= 15 is 0 Å². The van der Waals surface area contributed by atoms with Gasteiger partial charge in [0.25, 0.3) is 5.91 Å². The van der Waals surface area contributed by atoms with E-state index in [1.807, 2.05) is 6.07 Å². The molecule has 0 bridgehead atoms. The summed E-state index contributed by atoms with van der Waals surface area (Å²) in [4.78, 5) is 17.2. The zero-order chi connectivity index (χ0) is 28.1. The Labute approximate surface area is 222 Å². The van der Waals surface area contributed by atoms with Crippen molar-refractivity contribution in [3.63, 3.8) is 0 Å². The summed E-state index contributed by atoms with van der Waals surface area (Å²) in [7, 11) is 1.39. The molecule has 197 valence electrons. The highest BCUT2D eigenvalue weighted by Gasteiger charge is 2.35. The number of nitrogens with one attached hydrogen (secondary N) is 2.